The number of nitrogens with zero attached hydrogens (tertiary/aromatic N) is 2. The van der Waals surface area contributed by atoms with E-state index in [1.54, 1.807) is 12.4 Å². The van der Waals surface area contributed by atoms with Gasteiger partial charge >= 0.3 is 0 Å². The molecule has 0 aliphatic rings. The zero-order valence-electron chi connectivity index (χ0n) is 7.98. The highest BCUT2D eigenvalue weighted by Crippen LogP contribution is 2.14. The molecular formula is C11H13N3. The summed E-state index contributed by atoms with van der Waals surface area (Å²) in [4.78, 5) is 8.59. The maximum atomic E-state index is 5.48. The van der Waals surface area contributed by atoms with Crippen LogP contribution in [0.2, 0.25) is 0 Å². The molecule has 1 aromatic heterocycles. The van der Waals surface area contributed by atoms with E-state index in [1.807, 2.05) is 12.1 Å². The van der Waals surface area contributed by atoms with Gasteiger partial charge in [-0.25, -0.2) is 0 Å². The molecule has 0 saturated heterocycles. The van der Waals surface area contributed by atoms with Gasteiger partial charge in [-0.2, -0.15) is 0 Å². The lowest BCUT2D eigenvalue weighted by molar-refractivity contribution is 0.835. The van der Waals surface area contributed by atoms with Crippen LogP contribution < -0.4 is 5.73 Å². The maximum Gasteiger partial charge on any atom is 0.0918 e. The molecule has 2 N–H and O–H groups in total. The smallest absolute Gasteiger partial charge is 0.0918 e. The minimum atomic E-state index is 0.719. The number of hydrogen-bond acceptors (Lipinski definition) is 3. The first-order valence-electron chi connectivity index (χ1n) is 4.80. The van der Waals surface area contributed by atoms with Crippen LogP contribution in [0.3, 0.4) is 0 Å². The van der Waals surface area contributed by atoms with Crippen molar-refractivity contribution in [2.75, 3.05) is 6.54 Å². The average Bonchev–Trinajstić information content (AvgIpc) is 2.26. The van der Waals surface area contributed by atoms with Crippen molar-refractivity contribution in [2.24, 2.45) is 5.73 Å². The number of aromatic nitrogens is 2. The highest BCUT2D eigenvalue weighted by Gasteiger charge is 2.01. The van der Waals surface area contributed by atoms with Gasteiger partial charge in [0.05, 0.1) is 11.0 Å². The molecule has 1 aromatic carbocycles. The molecule has 0 aliphatic carbocycles. The average molecular weight is 187 g/mol. The fraction of sp³-hybridized carbons (Fsp3) is 0.273. The zero-order valence-corrected chi connectivity index (χ0v) is 7.98. The van der Waals surface area contributed by atoms with E-state index in [0.717, 1.165) is 30.4 Å². The van der Waals surface area contributed by atoms with E-state index in [4.69, 9.17) is 5.73 Å². The lowest BCUT2D eigenvalue weighted by Crippen LogP contribution is -2.01. The first-order valence-corrected chi connectivity index (χ1v) is 4.80. The van der Waals surface area contributed by atoms with Crippen molar-refractivity contribution >= 4 is 11.0 Å². The van der Waals surface area contributed by atoms with Gasteiger partial charge in [0, 0.05) is 12.4 Å². The van der Waals surface area contributed by atoms with Crippen LogP contribution in [0.4, 0.5) is 0 Å². The standard InChI is InChI=1S/C11H13N3/c12-6-2-4-9-3-1-5-10-11(9)14-8-7-13-10/h1,3,5,7-8H,2,4,6,12H2. The minimum absolute atomic E-state index is 0.719. The summed E-state index contributed by atoms with van der Waals surface area (Å²) in [5.41, 5.74) is 8.68. The van der Waals surface area contributed by atoms with E-state index >= 15 is 0 Å². The Bertz CT molecular complexity index is 420. The molecule has 0 amide bonds. The largest absolute Gasteiger partial charge is 0.330 e. The van der Waals surface area contributed by atoms with Crippen molar-refractivity contribution in [3.8, 4) is 0 Å². The van der Waals surface area contributed by atoms with E-state index in [9.17, 15) is 0 Å². The van der Waals surface area contributed by atoms with E-state index in [0.29, 0.717) is 0 Å². The monoisotopic (exact) mass is 187 g/mol. The molecule has 2 rings (SSSR count). The molecule has 0 atom stereocenters. The van der Waals surface area contributed by atoms with Crippen LogP contribution in [-0.4, -0.2) is 16.5 Å². The number of hydrogen-bond donors (Lipinski definition) is 1. The Morgan fingerprint density at radius 3 is 2.86 bits per heavy atom. The van der Waals surface area contributed by atoms with E-state index in [-0.39, 0.29) is 0 Å². The van der Waals surface area contributed by atoms with Crippen LogP contribution >= 0.6 is 0 Å². The summed E-state index contributed by atoms with van der Waals surface area (Å²) >= 11 is 0. The van der Waals surface area contributed by atoms with Crippen LogP contribution in [0, 0.1) is 0 Å². The first-order chi connectivity index (χ1) is 6.92. The Labute approximate surface area is 83.0 Å². The second kappa shape index (κ2) is 4.15. The van der Waals surface area contributed by atoms with Crippen LogP contribution in [0.25, 0.3) is 11.0 Å². The summed E-state index contributed by atoms with van der Waals surface area (Å²) in [6.45, 7) is 0.719. The van der Waals surface area contributed by atoms with Gasteiger partial charge in [-0.15, -0.1) is 0 Å². The topological polar surface area (TPSA) is 51.8 Å². The van der Waals surface area contributed by atoms with Gasteiger partial charge in [-0.1, -0.05) is 12.1 Å². The fourth-order valence-electron chi connectivity index (χ4n) is 1.55. The third kappa shape index (κ3) is 1.72. The molecule has 0 radical (unpaired) electrons. The molecule has 0 aliphatic heterocycles. The summed E-state index contributed by atoms with van der Waals surface area (Å²) in [6.07, 6.45) is 5.42. The van der Waals surface area contributed by atoms with Crippen LogP contribution in [0.1, 0.15) is 12.0 Å². The molecule has 1 heterocycles. The van der Waals surface area contributed by atoms with Crippen molar-refractivity contribution in [1.29, 1.82) is 0 Å². The van der Waals surface area contributed by atoms with Gasteiger partial charge in [0.15, 0.2) is 0 Å². The molecule has 0 unspecified atom stereocenters. The Balaban J connectivity index is 2.43. The molecule has 0 bridgehead atoms. The Kier molecular flexibility index (Phi) is 2.70. The van der Waals surface area contributed by atoms with Crippen molar-refractivity contribution in [2.45, 2.75) is 12.8 Å². The predicted octanol–water partition coefficient (Wildman–Crippen LogP) is 1.52. The number of fused-ring (bicyclic) bond motifs is 1. The van der Waals surface area contributed by atoms with Gasteiger partial charge in [-0.3, -0.25) is 9.97 Å². The fourth-order valence-corrected chi connectivity index (χ4v) is 1.55. The summed E-state index contributed by atoms with van der Waals surface area (Å²) in [7, 11) is 0. The summed E-state index contributed by atoms with van der Waals surface area (Å²) in [6, 6.07) is 6.09. The van der Waals surface area contributed by atoms with E-state index in [1.165, 1.54) is 5.56 Å². The summed E-state index contributed by atoms with van der Waals surface area (Å²) in [5.74, 6) is 0. The predicted molar refractivity (Wildman–Crippen MR) is 56.9 cm³/mol. The number of benzene rings is 1. The molecule has 0 fully saturated rings. The Morgan fingerprint density at radius 1 is 1.14 bits per heavy atom. The highest BCUT2D eigenvalue weighted by atomic mass is 14.8. The molecule has 0 saturated carbocycles. The second-order valence-electron chi connectivity index (χ2n) is 3.23. The SMILES string of the molecule is NCCCc1cccc2nccnc12. The number of para-hydroxylation sites is 1. The molecule has 14 heavy (non-hydrogen) atoms. The summed E-state index contributed by atoms with van der Waals surface area (Å²) < 4.78 is 0. The third-order valence-electron chi connectivity index (χ3n) is 2.23. The lowest BCUT2D eigenvalue weighted by Gasteiger charge is -2.03. The van der Waals surface area contributed by atoms with Crippen molar-refractivity contribution in [3.05, 3.63) is 36.2 Å². The van der Waals surface area contributed by atoms with E-state index < -0.39 is 0 Å². The van der Waals surface area contributed by atoms with Gasteiger partial charge in [0.25, 0.3) is 0 Å². The summed E-state index contributed by atoms with van der Waals surface area (Å²) in [5, 5.41) is 0. The number of nitrogens with two attached hydrogens (primary N) is 1. The van der Waals surface area contributed by atoms with Gasteiger partial charge < -0.3 is 5.73 Å². The normalized spacial score (nSPS) is 10.6. The Hall–Kier alpha value is -1.48. The van der Waals surface area contributed by atoms with Crippen LogP contribution in [0.5, 0.6) is 0 Å². The van der Waals surface area contributed by atoms with Crippen molar-refractivity contribution < 1.29 is 0 Å². The zero-order chi connectivity index (χ0) is 9.80. The number of aryl methyl sites for hydroxylation is 1. The minimum Gasteiger partial charge on any atom is -0.330 e. The molecule has 72 valence electrons. The lowest BCUT2D eigenvalue weighted by atomic mass is 10.1. The van der Waals surface area contributed by atoms with E-state index in [2.05, 4.69) is 16.0 Å². The molecule has 2 aromatic rings. The van der Waals surface area contributed by atoms with Gasteiger partial charge in [0.1, 0.15) is 0 Å². The van der Waals surface area contributed by atoms with Crippen molar-refractivity contribution in [3.63, 3.8) is 0 Å². The Morgan fingerprint density at radius 2 is 2.00 bits per heavy atom. The highest BCUT2D eigenvalue weighted by molar-refractivity contribution is 5.77. The van der Waals surface area contributed by atoms with Gasteiger partial charge in [0.2, 0.25) is 0 Å². The molecular weight excluding hydrogens is 174 g/mol. The number of rotatable bonds is 3. The van der Waals surface area contributed by atoms with Crippen LogP contribution in [-0.2, 0) is 6.42 Å². The molecule has 3 heteroatoms. The maximum absolute atomic E-state index is 5.48. The second-order valence-corrected chi connectivity index (χ2v) is 3.23. The molecule has 0 spiro atoms. The van der Waals surface area contributed by atoms with Crippen molar-refractivity contribution in [1.82, 2.24) is 9.97 Å². The van der Waals surface area contributed by atoms with Crippen LogP contribution in [0.15, 0.2) is 30.6 Å². The third-order valence-corrected chi connectivity index (χ3v) is 2.23. The molecule has 3 nitrogen and oxygen atoms in total. The van der Waals surface area contributed by atoms with Gasteiger partial charge in [-0.05, 0) is 31.0 Å². The first kappa shape index (κ1) is 9.09. The quantitative estimate of drug-likeness (QED) is 0.792.